The lowest BCUT2D eigenvalue weighted by molar-refractivity contribution is -0.104. The van der Waals surface area contributed by atoms with Gasteiger partial charge in [-0.25, -0.2) is 4.79 Å². The third-order valence-electron chi connectivity index (χ3n) is 2.41. The first-order valence-electron chi connectivity index (χ1n) is 7.06. The summed E-state index contributed by atoms with van der Waals surface area (Å²) in [5, 5.41) is 2.70. The fourth-order valence-corrected chi connectivity index (χ4v) is 1.55. The summed E-state index contributed by atoms with van der Waals surface area (Å²) in [4.78, 5) is 21.7. The summed E-state index contributed by atoms with van der Waals surface area (Å²) in [7, 11) is 1.56. The molecular formula is C15H27NO5. The Balaban J connectivity index is 3.92. The Labute approximate surface area is 126 Å². The SMILES string of the molecule is COCO[C@@H](C/C=C/C=O)CCCNC(=O)OC(C)(C)C. The Bertz CT molecular complexity index is 323. The highest BCUT2D eigenvalue weighted by atomic mass is 16.7. The minimum absolute atomic E-state index is 0.0402. The molecule has 0 radical (unpaired) electrons. The zero-order valence-electron chi connectivity index (χ0n) is 13.4. The number of allylic oxidation sites excluding steroid dienone is 1. The molecule has 6 heteroatoms. The standard InChI is InChI=1S/C15H27NO5/c1-15(2,3)21-14(18)16-10-7-9-13(20-12-19-4)8-5-6-11-17/h5-6,11,13H,7-10,12H2,1-4H3,(H,16,18)/b6-5+/t13-/m0/s1. The number of carbonyl (C=O) groups is 2. The lowest BCUT2D eigenvalue weighted by Gasteiger charge is -2.20. The molecule has 0 bridgehead atoms. The zero-order valence-corrected chi connectivity index (χ0v) is 13.4. The van der Waals surface area contributed by atoms with Gasteiger partial charge < -0.3 is 19.5 Å². The molecule has 0 fully saturated rings. The molecule has 0 unspecified atom stereocenters. The van der Waals surface area contributed by atoms with Crippen molar-refractivity contribution in [1.82, 2.24) is 5.32 Å². The lowest BCUT2D eigenvalue weighted by Crippen LogP contribution is -2.33. The number of methoxy groups -OCH3 is 1. The average molecular weight is 301 g/mol. The van der Waals surface area contributed by atoms with Gasteiger partial charge in [0.1, 0.15) is 18.7 Å². The van der Waals surface area contributed by atoms with Gasteiger partial charge in [-0.05, 0) is 46.1 Å². The average Bonchev–Trinajstić information content (AvgIpc) is 2.38. The first-order valence-corrected chi connectivity index (χ1v) is 7.06. The van der Waals surface area contributed by atoms with Crippen molar-refractivity contribution in [3.63, 3.8) is 0 Å². The summed E-state index contributed by atoms with van der Waals surface area (Å²) in [5.74, 6) is 0. The quantitative estimate of drug-likeness (QED) is 0.290. The highest BCUT2D eigenvalue weighted by Gasteiger charge is 2.15. The molecule has 0 aliphatic carbocycles. The predicted octanol–water partition coefficient (Wildman–Crippen LogP) is 2.43. The third kappa shape index (κ3) is 13.3. The van der Waals surface area contributed by atoms with Crippen LogP contribution in [0.5, 0.6) is 0 Å². The van der Waals surface area contributed by atoms with Crippen molar-refractivity contribution < 1.29 is 23.8 Å². The van der Waals surface area contributed by atoms with E-state index in [1.54, 1.807) is 13.2 Å². The topological polar surface area (TPSA) is 73.9 Å². The minimum Gasteiger partial charge on any atom is -0.444 e. The van der Waals surface area contributed by atoms with Crippen LogP contribution in [0, 0.1) is 0 Å². The molecule has 1 atom stereocenters. The monoisotopic (exact) mass is 301 g/mol. The summed E-state index contributed by atoms with van der Waals surface area (Å²) in [6.07, 6.45) is 5.62. The lowest BCUT2D eigenvalue weighted by atomic mass is 10.1. The van der Waals surface area contributed by atoms with Gasteiger partial charge in [0, 0.05) is 13.7 Å². The number of ether oxygens (including phenoxy) is 3. The van der Waals surface area contributed by atoms with Crippen LogP contribution >= 0.6 is 0 Å². The first-order chi connectivity index (χ1) is 9.89. The summed E-state index contributed by atoms with van der Waals surface area (Å²) in [6.45, 7) is 6.18. The normalized spacial score (nSPS) is 13.1. The van der Waals surface area contributed by atoms with Gasteiger partial charge in [0.15, 0.2) is 0 Å². The number of aldehydes is 1. The maximum absolute atomic E-state index is 11.5. The summed E-state index contributed by atoms with van der Waals surface area (Å²) < 4.78 is 15.5. The minimum atomic E-state index is -0.492. The van der Waals surface area contributed by atoms with Gasteiger partial charge in [-0.2, -0.15) is 0 Å². The molecule has 122 valence electrons. The summed E-state index contributed by atoms with van der Waals surface area (Å²) in [6, 6.07) is 0. The van der Waals surface area contributed by atoms with Crippen LogP contribution < -0.4 is 5.32 Å². The molecular weight excluding hydrogens is 274 g/mol. The van der Waals surface area contributed by atoms with Crippen LogP contribution in [0.25, 0.3) is 0 Å². The van der Waals surface area contributed by atoms with Crippen molar-refractivity contribution in [2.24, 2.45) is 0 Å². The second-order valence-electron chi connectivity index (χ2n) is 5.57. The Morgan fingerprint density at radius 1 is 1.33 bits per heavy atom. The number of hydrogen-bond donors (Lipinski definition) is 1. The molecule has 6 nitrogen and oxygen atoms in total. The zero-order chi connectivity index (χ0) is 16.1. The Morgan fingerprint density at radius 2 is 2.05 bits per heavy atom. The van der Waals surface area contributed by atoms with Gasteiger partial charge >= 0.3 is 6.09 Å². The Kier molecular flexibility index (Phi) is 10.5. The van der Waals surface area contributed by atoms with Crippen LogP contribution in [0.15, 0.2) is 12.2 Å². The van der Waals surface area contributed by atoms with Crippen molar-refractivity contribution in [1.29, 1.82) is 0 Å². The molecule has 0 spiro atoms. The molecule has 0 saturated heterocycles. The molecule has 0 aromatic heterocycles. The van der Waals surface area contributed by atoms with Crippen molar-refractivity contribution in [2.45, 2.75) is 51.7 Å². The number of rotatable bonds is 10. The van der Waals surface area contributed by atoms with Gasteiger partial charge in [0.2, 0.25) is 0 Å². The van der Waals surface area contributed by atoms with Crippen LogP contribution in [0.4, 0.5) is 4.79 Å². The van der Waals surface area contributed by atoms with Gasteiger partial charge in [-0.1, -0.05) is 6.08 Å². The highest BCUT2D eigenvalue weighted by molar-refractivity contribution is 5.67. The van der Waals surface area contributed by atoms with E-state index in [9.17, 15) is 9.59 Å². The number of hydrogen-bond acceptors (Lipinski definition) is 5. The summed E-state index contributed by atoms with van der Waals surface area (Å²) in [5.41, 5.74) is -0.492. The smallest absolute Gasteiger partial charge is 0.407 e. The molecule has 1 N–H and O–H groups in total. The molecule has 0 rings (SSSR count). The van der Waals surface area contributed by atoms with E-state index in [1.807, 2.05) is 20.8 Å². The van der Waals surface area contributed by atoms with Crippen molar-refractivity contribution in [2.75, 3.05) is 20.4 Å². The van der Waals surface area contributed by atoms with Gasteiger partial charge in [-0.3, -0.25) is 4.79 Å². The van der Waals surface area contributed by atoms with Crippen molar-refractivity contribution >= 4 is 12.4 Å². The number of nitrogens with one attached hydrogen (secondary N) is 1. The molecule has 0 saturated carbocycles. The van der Waals surface area contributed by atoms with Crippen molar-refractivity contribution in [3.05, 3.63) is 12.2 Å². The second kappa shape index (κ2) is 11.3. The third-order valence-corrected chi connectivity index (χ3v) is 2.41. The van der Waals surface area contributed by atoms with E-state index in [0.717, 1.165) is 19.1 Å². The fourth-order valence-electron chi connectivity index (χ4n) is 1.55. The van der Waals surface area contributed by atoms with E-state index in [4.69, 9.17) is 14.2 Å². The second-order valence-corrected chi connectivity index (χ2v) is 5.57. The number of carbonyl (C=O) groups excluding carboxylic acids is 2. The molecule has 0 heterocycles. The highest BCUT2D eigenvalue weighted by Crippen LogP contribution is 2.09. The molecule has 0 aliphatic heterocycles. The Morgan fingerprint density at radius 3 is 2.62 bits per heavy atom. The van der Waals surface area contributed by atoms with E-state index >= 15 is 0 Å². The van der Waals surface area contributed by atoms with Gasteiger partial charge in [0.05, 0.1) is 6.10 Å². The van der Waals surface area contributed by atoms with Crippen LogP contribution in [0.1, 0.15) is 40.0 Å². The van der Waals surface area contributed by atoms with E-state index in [2.05, 4.69) is 5.32 Å². The van der Waals surface area contributed by atoms with Crippen LogP contribution in [-0.4, -0.2) is 44.5 Å². The first kappa shape index (κ1) is 19.6. The number of alkyl carbamates (subject to hydrolysis) is 1. The summed E-state index contributed by atoms with van der Waals surface area (Å²) >= 11 is 0. The maximum atomic E-state index is 11.5. The van der Waals surface area contributed by atoms with Crippen LogP contribution in [-0.2, 0) is 19.0 Å². The van der Waals surface area contributed by atoms with E-state index in [-0.39, 0.29) is 12.9 Å². The van der Waals surface area contributed by atoms with E-state index < -0.39 is 11.7 Å². The van der Waals surface area contributed by atoms with E-state index in [1.165, 1.54) is 6.08 Å². The van der Waals surface area contributed by atoms with E-state index in [0.29, 0.717) is 13.0 Å². The van der Waals surface area contributed by atoms with Crippen molar-refractivity contribution in [3.8, 4) is 0 Å². The van der Waals surface area contributed by atoms with Crippen LogP contribution in [0.3, 0.4) is 0 Å². The predicted molar refractivity (Wildman–Crippen MR) is 80.0 cm³/mol. The molecule has 0 aromatic carbocycles. The van der Waals surface area contributed by atoms with Gasteiger partial charge in [-0.15, -0.1) is 0 Å². The number of amides is 1. The maximum Gasteiger partial charge on any atom is 0.407 e. The molecule has 0 aromatic rings. The Hall–Kier alpha value is -1.40. The molecule has 0 aliphatic rings. The van der Waals surface area contributed by atoms with Crippen LogP contribution in [0.2, 0.25) is 0 Å². The largest absolute Gasteiger partial charge is 0.444 e. The molecule has 21 heavy (non-hydrogen) atoms. The molecule has 1 amide bonds. The van der Waals surface area contributed by atoms with Gasteiger partial charge in [0.25, 0.3) is 0 Å². The fraction of sp³-hybridized carbons (Fsp3) is 0.733.